The third-order valence-electron chi connectivity index (χ3n) is 2.30. The molecule has 0 aliphatic carbocycles. The van der Waals surface area contributed by atoms with E-state index in [4.69, 9.17) is 5.73 Å². The molecule has 0 atom stereocenters. The summed E-state index contributed by atoms with van der Waals surface area (Å²) in [6.07, 6.45) is 0.810. The lowest BCUT2D eigenvalue weighted by atomic mass is 10.1. The molecule has 14 heavy (non-hydrogen) atoms. The van der Waals surface area contributed by atoms with E-state index < -0.39 is 0 Å². The number of rotatable bonds is 2. The number of H-pyrrole nitrogens is 1. The number of nitrogens with two attached hydrogens (primary N) is 1. The zero-order valence-corrected chi connectivity index (χ0v) is 9.35. The highest BCUT2D eigenvalue weighted by Gasteiger charge is 2.20. The van der Waals surface area contributed by atoms with Crippen LogP contribution in [0, 0.1) is 0 Å². The van der Waals surface area contributed by atoms with Crippen molar-refractivity contribution in [3.8, 4) is 0 Å². The fraction of sp³-hybridized carbons (Fsp3) is 0.700. The van der Waals surface area contributed by atoms with Crippen LogP contribution < -0.4 is 11.3 Å². The molecule has 1 aromatic rings. The molecule has 4 nitrogen and oxygen atoms in total. The fourth-order valence-electron chi connectivity index (χ4n) is 1.49. The minimum atomic E-state index is -0.214. The van der Waals surface area contributed by atoms with Crippen molar-refractivity contribution in [3.63, 3.8) is 0 Å². The van der Waals surface area contributed by atoms with E-state index in [-0.39, 0.29) is 11.1 Å². The first-order valence-corrected chi connectivity index (χ1v) is 4.95. The van der Waals surface area contributed by atoms with E-state index in [0.29, 0.717) is 12.1 Å². The van der Waals surface area contributed by atoms with Crippen molar-refractivity contribution >= 4 is 0 Å². The molecule has 1 heterocycles. The smallest absolute Gasteiger partial charge is 0.271 e. The number of aryl methyl sites for hydroxylation is 1. The molecule has 0 amide bonds. The summed E-state index contributed by atoms with van der Waals surface area (Å²) in [5, 5.41) is 3.11. The van der Waals surface area contributed by atoms with Crippen molar-refractivity contribution in [1.82, 2.24) is 9.78 Å². The van der Waals surface area contributed by atoms with Crippen molar-refractivity contribution in [3.05, 3.63) is 21.6 Å². The predicted octanol–water partition coefficient (Wildman–Crippen LogP) is 0.952. The molecule has 3 N–H and O–H groups in total. The minimum Gasteiger partial charge on any atom is -0.326 e. The Labute approximate surface area is 84.1 Å². The standard InChI is InChI=1S/C10H19N3O/c1-5-8-7(6-11)9(14)13(12-8)10(2,3)4/h12H,5-6,11H2,1-4H3. The molecule has 0 aliphatic rings. The molecule has 4 heteroatoms. The highest BCUT2D eigenvalue weighted by atomic mass is 16.1. The van der Waals surface area contributed by atoms with Gasteiger partial charge in [-0.3, -0.25) is 9.89 Å². The molecule has 80 valence electrons. The second-order valence-electron chi connectivity index (χ2n) is 4.44. The van der Waals surface area contributed by atoms with Crippen molar-refractivity contribution in [1.29, 1.82) is 0 Å². The zero-order valence-electron chi connectivity index (χ0n) is 9.35. The van der Waals surface area contributed by atoms with Crippen molar-refractivity contribution in [2.24, 2.45) is 5.73 Å². The first-order valence-electron chi connectivity index (χ1n) is 4.95. The van der Waals surface area contributed by atoms with Crippen LogP contribution in [0.5, 0.6) is 0 Å². The van der Waals surface area contributed by atoms with E-state index in [1.165, 1.54) is 0 Å². The van der Waals surface area contributed by atoms with Crippen LogP contribution >= 0.6 is 0 Å². The Morgan fingerprint density at radius 1 is 1.43 bits per heavy atom. The molecule has 0 saturated heterocycles. The molecule has 0 radical (unpaired) electrons. The Kier molecular flexibility index (Phi) is 2.85. The lowest BCUT2D eigenvalue weighted by Gasteiger charge is -2.19. The maximum atomic E-state index is 11.9. The van der Waals surface area contributed by atoms with E-state index in [1.807, 2.05) is 27.7 Å². The van der Waals surface area contributed by atoms with Gasteiger partial charge < -0.3 is 5.73 Å². The Morgan fingerprint density at radius 3 is 2.29 bits per heavy atom. The fourth-order valence-corrected chi connectivity index (χ4v) is 1.49. The maximum Gasteiger partial charge on any atom is 0.271 e. The van der Waals surface area contributed by atoms with Crippen molar-refractivity contribution in [2.45, 2.75) is 46.2 Å². The second-order valence-corrected chi connectivity index (χ2v) is 4.44. The maximum absolute atomic E-state index is 11.9. The zero-order chi connectivity index (χ0) is 10.9. The normalized spacial score (nSPS) is 12.1. The SMILES string of the molecule is CCc1[nH]n(C(C)(C)C)c(=O)c1CN. The highest BCUT2D eigenvalue weighted by molar-refractivity contribution is 5.17. The van der Waals surface area contributed by atoms with Crippen LogP contribution in [-0.4, -0.2) is 9.78 Å². The van der Waals surface area contributed by atoms with E-state index >= 15 is 0 Å². The molecule has 0 aromatic carbocycles. The third kappa shape index (κ3) is 1.75. The summed E-state index contributed by atoms with van der Waals surface area (Å²) in [4.78, 5) is 11.9. The highest BCUT2D eigenvalue weighted by Crippen LogP contribution is 2.12. The molecule has 0 unspecified atom stereocenters. The quantitative estimate of drug-likeness (QED) is 0.741. The third-order valence-corrected chi connectivity index (χ3v) is 2.30. The molecule has 0 spiro atoms. The summed E-state index contributed by atoms with van der Waals surface area (Å²) in [5.41, 5.74) is 7.01. The topological polar surface area (TPSA) is 63.8 Å². The first kappa shape index (κ1) is 11.0. The summed E-state index contributed by atoms with van der Waals surface area (Å²) in [5.74, 6) is 0. The van der Waals surface area contributed by atoms with Crippen LogP contribution in [-0.2, 0) is 18.5 Å². The Bertz CT molecular complexity index is 368. The van der Waals surface area contributed by atoms with Gasteiger partial charge in [0.25, 0.3) is 5.56 Å². The summed E-state index contributed by atoms with van der Waals surface area (Å²) >= 11 is 0. The summed E-state index contributed by atoms with van der Waals surface area (Å²) in [6.45, 7) is 8.29. The molecular formula is C10H19N3O. The average Bonchev–Trinajstić information content (AvgIpc) is 2.40. The van der Waals surface area contributed by atoms with E-state index in [1.54, 1.807) is 4.68 Å². The number of nitrogens with one attached hydrogen (secondary N) is 1. The number of aromatic nitrogens is 2. The van der Waals surface area contributed by atoms with Crippen LogP contribution in [0.4, 0.5) is 0 Å². The largest absolute Gasteiger partial charge is 0.326 e. The van der Waals surface area contributed by atoms with E-state index in [9.17, 15) is 4.79 Å². The van der Waals surface area contributed by atoms with Gasteiger partial charge in [0.15, 0.2) is 0 Å². The van der Waals surface area contributed by atoms with Crippen molar-refractivity contribution < 1.29 is 0 Å². The lowest BCUT2D eigenvalue weighted by molar-refractivity contribution is 0.343. The number of hydrogen-bond acceptors (Lipinski definition) is 2. The van der Waals surface area contributed by atoms with Crippen LogP contribution in [0.2, 0.25) is 0 Å². The Morgan fingerprint density at radius 2 is 2.00 bits per heavy atom. The Hall–Kier alpha value is -1.03. The minimum absolute atomic E-state index is 0.0110. The van der Waals surface area contributed by atoms with Gasteiger partial charge in [-0.1, -0.05) is 6.92 Å². The van der Waals surface area contributed by atoms with Gasteiger partial charge in [-0.25, -0.2) is 4.68 Å². The second kappa shape index (κ2) is 3.61. The number of hydrogen-bond donors (Lipinski definition) is 2. The van der Waals surface area contributed by atoms with Crippen molar-refractivity contribution in [2.75, 3.05) is 0 Å². The van der Waals surface area contributed by atoms with Gasteiger partial charge in [0, 0.05) is 12.2 Å². The number of aromatic amines is 1. The summed E-state index contributed by atoms with van der Waals surface area (Å²) < 4.78 is 1.65. The lowest BCUT2D eigenvalue weighted by Crippen LogP contribution is -2.33. The molecule has 0 bridgehead atoms. The van der Waals surface area contributed by atoms with Crippen LogP contribution in [0.15, 0.2) is 4.79 Å². The molecule has 0 fully saturated rings. The number of nitrogens with zero attached hydrogens (tertiary/aromatic N) is 1. The monoisotopic (exact) mass is 197 g/mol. The van der Waals surface area contributed by atoms with Gasteiger partial charge in [0.1, 0.15) is 0 Å². The van der Waals surface area contributed by atoms with Gasteiger partial charge in [-0.15, -0.1) is 0 Å². The molecule has 1 aromatic heterocycles. The molecule has 0 saturated carbocycles. The first-order chi connectivity index (χ1) is 6.41. The van der Waals surface area contributed by atoms with E-state index in [0.717, 1.165) is 12.1 Å². The molecule has 0 aliphatic heterocycles. The molecular weight excluding hydrogens is 178 g/mol. The summed E-state index contributed by atoms with van der Waals surface area (Å²) in [6, 6.07) is 0. The van der Waals surface area contributed by atoms with Gasteiger partial charge in [-0.05, 0) is 27.2 Å². The molecule has 1 rings (SSSR count). The summed E-state index contributed by atoms with van der Waals surface area (Å²) in [7, 11) is 0. The average molecular weight is 197 g/mol. The van der Waals surface area contributed by atoms with Gasteiger partial charge in [0.2, 0.25) is 0 Å². The van der Waals surface area contributed by atoms with Gasteiger partial charge >= 0.3 is 0 Å². The van der Waals surface area contributed by atoms with Crippen LogP contribution in [0.1, 0.15) is 39.0 Å². The predicted molar refractivity (Wildman–Crippen MR) is 57.3 cm³/mol. The van der Waals surface area contributed by atoms with Crippen LogP contribution in [0.25, 0.3) is 0 Å². The Balaban J connectivity index is 3.36. The van der Waals surface area contributed by atoms with Crippen LogP contribution in [0.3, 0.4) is 0 Å². The van der Waals surface area contributed by atoms with Gasteiger partial charge in [-0.2, -0.15) is 0 Å². The van der Waals surface area contributed by atoms with E-state index in [2.05, 4.69) is 5.10 Å². The van der Waals surface area contributed by atoms with Gasteiger partial charge in [0.05, 0.1) is 11.1 Å².